The summed E-state index contributed by atoms with van der Waals surface area (Å²) in [5, 5.41) is 3.04. The molecule has 0 aromatic heterocycles. The van der Waals surface area contributed by atoms with Gasteiger partial charge in [-0.05, 0) is 55.9 Å². The van der Waals surface area contributed by atoms with Gasteiger partial charge in [-0.25, -0.2) is 8.42 Å². The average molecular weight is 415 g/mol. The second-order valence-electron chi connectivity index (χ2n) is 7.96. The van der Waals surface area contributed by atoms with E-state index >= 15 is 0 Å². The molecule has 1 aliphatic heterocycles. The number of piperidine rings is 1. The van der Waals surface area contributed by atoms with Crippen LogP contribution in [0.5, 0.6) is 0 Å². The van der Waals surface area contributed by atoms with E-state index in [1.165, 1.54) is 15.9 Å². The van der Waals surface area contributed by atoms with Gasteiger partial charge >= 0.3 is 0 Å². The largest absolute Gasteiger partial charge is 0.345 e. The van der Waals surface area contributed by atoms with E-state index in [0.717, 1.165) is 24.8 Å². The summed E-state index contributed by atoms with van der Waals surface area (Å²) >= 11 is 0. The van der Waals surface area contributed by atoms with Gasteiger partial charge < -0.3 is 5.32 Å². The van der Waals surface area contributed by atoms with E-state index in [0.29, 0.717) is 24.6 Å². The van der Waals surface area contributed by atoms with Gasteiger partial charge in [0, 0.05) is 18.7 Å². The molecule has 1 fully saturated rings. The Balaban J connectivity index is 1.77. The minimum absolute atomic E-state index is 0.119. The van der Waals surface area contributed by atoms with E-state index in [9.17, 15) is 13.2 Å². The third-order valence-corrected chi connectivity index (χ3v) is 7.56. The summed E-state index contributed by atoms with van der Waals surface area (Å²) in [6, 6.07) is 14.3. The van der Waals surface area contributed by atoms with Crippen molar-refractivity contribution >= 4 is 15.9 Å². The van der Waals surface area contributed by atoms with Crippen molar-refractivity contribution in [2.45, 2.75) is 51.0 Å². The Kier molecular flexibility index (Phi) is 6.75. The van der Waals surface area contributed by atoms with Crippen molar-refractivity contribution in [1.29, 1.82) is 0 Å². The minimum atomic E-state index is -3.58. The Morgan fingerprint density at radius 3 is 2.41 bits per heavy atom. The predicted molar refractivity (Wildman–Crippen MR) is 115 cm³/mol. The van der Waals surface area contributed by atoms with Gasteiger partial charge in [-0.1, -0.05) is 49.7 Å². The van der Waals surface area contributed by atoms with E-state index in [2.05, 4.69) is 12.2 Å². The van der Waals surface area contributed by atoms with Crippen molar-refractivity contribution in [3.05, 3.63) is 65.2 Å². The topological polar surface area (TPSA) is 66.5 Å². The van der Waals surface area contributed by atoms with Gasteiger partial charge in [0.1, 0.15) is 0 Å². The van der Waals surface area contributed by atoms with Crippen LogP contribution in [0, 0.1) is 12.8 Å². The van der Waals surface area contributed by atoms with Crippen LogP contribution in [-0.4, -0.2) is 31.7 Å². The number of carbonyl (C=O) groups is 1. The van der Waals surface area contributed by atoms with Crippen LogP contribution in [0.4, 0.5) is 0 Å². The summed E-state index contributed by atoms with van der Waals surface area (Å²) in [5.41, 5.74) is 2.57. The first-order valence-corrected chi connectivity index (χ1v) is 11.7. The van der Waals surface area contributed by atoms with Gasteiger partial charge in [-0.3, -0.25) is 4.79 Å². The number of hydrogen-bond donors (Lipinski definition) is 1. The molecule has 156 valence electrons. The van der Waals surface area contributed by atoms with E-state index in [1.807, 2.05) is 38.1 Å². The van der Waals surface area contributed by atoms with Crippen molar-refractivity contribution in [2.75, 3.05) is 13.1 Å². The van der Waals surface area contributed by atoms with Gasteiger partial charge in [-0.2, -0.15) is 4.31 Å². The second kappa shape index (κ2) is 9.09. The quantitative estimate of drug-likeness (QED) is 0.766. The van der Waals surface area contributed by atoms with E-state index in [-0.39, 0.29) is 16.8 Å². The SMILES string of the molecule is CCC(NC(=O)c1cccc(S(=O)(=O)N2CCC(C)CC2)c1)c1ccc(C)cc1. The lowest BCUT2D eigenvalue weighted by Gasteiger charge is -2.29. The lowest BCUT2D eigenvalue weighted by Crippen LogP contribution is -2.38. The molecule has 1 N–H and O–H groups in total. The first-order chi connectivity index (χ1) is 13.8. The molecule has 2 aromatic carbocycles. The molecule has 6 heteroatoms. The van der Waals surface area contributed by atoms with Crippen LogP contribution in [0.3, 0.4) is 0 Å². The molecule has 3 rings (SSSR count). The summed E-state index contributed by atoms with van der Waals surface area (Å²) in [5.74, 6) is 0.285. The number of hydrogen-bond acceptors (Lipinski definition) is 3. The minimum Gasteiger partial charge on any atom is -0.345 e. The summed E-state index contributed by atoms with van der Waals surface area (Å²) < 4.78 is 27.5. The molecule has 0 aliphatic carbocycles. The van der Waals surface area contributed by atoms with Gasteiger partial charge in [0.05, 0.1) is 10.9 Å². The van der Waals surface area contributed by atoms with Crippen LogP contribution in [-0.2, 0) is 10.0 Å². The van der Waals surface area contributed by atoms with Crippen molar-refractivity contribution in [3.8, 4) is 0 Å². The van der Waals surface area contributed by atoms with Crippen molar-refractivity contribution in [2.24, 2.45) is 5.92 Å². The van der Waals surface area contributed by atoms with Crippen LogP contribution in [0.1, 0.15) is 60.6 Å². The van der Waals surface area contributed by atoms with Crippen LogP contribution in [0.25, 0.3) is 0 Å². The normalized spacial score (nSPS) is 17.1. The monoisotopic (exact) mass is 414 g/mol. The zero-order valence-corrected chi connectivity index (χ0v) is 18.2. The Labute approximate surface area is 174 Å². The van der Waals surface area contributed by atoms with E-state index in [4.69, 9.17) is 0 Å². The molecule has 0 saturated carbocycles. The van der Waals surface area contributed by atoms with Crippen molar-refractivity contribution in [3.63, 3.8) is 0 Å². The molecule has 0 radical (unpaired) electrons. The second-order valence-corrected chi connectivity index (χ2v) is 9.90. The molecular formula is C23H30N2O3S. The third kappa shape index (κ3) is 5.06. The van der Waals surface area contributed by atoms with Gasteiger partial charge in [0.15, 0.2) is 0 Å². The molecule has 0 spiro atoms. The summed E-state index contributed by atoms with van der Waals surface area (Å²) in [6.45, 7) is 7.25. The maximum absolute atomic E-state index is 13.0. The van der Waals surface area contributed by atoms with Crippen molar-refractivity contribution in [1.82, 2.24) is 9.62 Å². The van der Waals surface area contributed by atoms with Gasteiger partial charge in [-0.15, -0.1) is 0 Å². The molecule has 2 aromatic rings. The Hall–Kier alpha value is -2.18. The fourth-order valence-electron chi connectivity index (χ4n) is 3.63. The fraction of sp³-hybridized carbons (Fsp3) is 0.435. The van der Waals surface area contributed by atoms with E-state index in [1.54, 1.807) is 18.2 Å². The highest BCUT2D eigenvalue weighted by molar-refractivity contribution is 7.89. The molecule has 1 atom stereocenters. The van der Waals surface area contributed by atoms with Crippen LogP contribution in [0.15, 0.2) is 53.4 Å². The molecule has 1 unspecified atom stereocenters. The number of nitrogens with one attached hydrogen (secondary N) is 1. The van der Waals surface area contributed by atoms with E-state index < -0.39 is 10.0 Å². The first kappa shape index (κ1) is 21.5. The predicted octanol–water partition coefficient (Wildman–Crippen LogP) is 4.30. The third-order valence-electron chi connectivity index (χ3n) is 5.67. The molecule has 1 aliphatic rings. The molecule has 1 heterocycles. The Morgan fingerprint density at radius 1 is 1.14 bits per heavy atom. The molecule has 5 nitrogen and oxygen atoms in total. The lowest BCUT2D eigenvalue weighted by molar-refractivity contribution is 0.0935. The zero-order chi connectivity index (χ0) is 21.0. The Morgan fingerprint density at radius 2 is 1.79 bits per heavy atom. The summed E-state index contributed by atoms with van der Waals surface area (Å²) in [6.07, 6.45) is 2.49. The first-order valence-electron chi connectivity index (χ1n) is 10.3. The average Bonchev–Trinajstić information content (AvgIpc) is 2.73. The van der Waals surface area contributed by atoms with Crippen LogP contribution in [0.2, 0.25) is 0 Å². The number of amides is 1. The zero-order valence-electron chi connectivity index (χ0n) is 17.4. The molecule has 0 bridgehead atoms. The number of aryl methyl sites for hydroxylation is 1. The number of nitrogens with zero attached hydrogens (tertiary/aromatic N) is 1. The fourth-order valence-corrected chi connectivity index (χ4v) is 5.15. The van der Waals surface area contributed by atoms with Crippen LogP contribution < -0.4 is 5.32 Å². The highest BCUT2D eigenvalue weighted by atomic mass is 32.2. The summed E-state index contributed by atoms with van der Waals surface area (Å²) in [7, 11) is -3.58. The molecule has 29 heavy (non-hydrogen) atoms. The van der Waals surface area contributed by atoms with Crippen molar-refractivity contribution < 1.29 is 13.2 Å². The highest BCUT2D eigenvalue weighted by Gasteiger charge is 2.28. The number of benzene rings is 2. The van der Waals surface area contributed by atoms with Crippen LogP contribution >= 0.6 is 0 Å². The highest BCUT2D eigenvalue weighted by Crippen LogP contribution is 2.24. The summed E-state index contributed by atoms with van der Waals surface area (Å²) in [4.78, 5) is 13.0. The molecule has 1 saturated heterocycles. The van der Waals surface area contributed by atoms with Gasteiger partial charge in [0.2, 0.25) is 10.0 Å². The maximum Gasteiger partial charge on any atom is 0.251 e. The maximum atomic E-state index is 13.0. The standard InChI is InChI=1S/C23H30N2O3S/c1-4-22(19-10-8-17(2)9-11-19)24-23(26)20-6-5-7-21(16-20)29(27,28)25-14-12-18(3)13-15-25/h5-11,16,18,22H,4,12-15H2,1-3H3,(H,24,26). The number of sulfonamides is 1. The van der Waals surface area contributed by atoms with Gasteiger partial charge in [0.25, 0.3) is 5.91 Å². The smallest absolute Gasteiger partial charge is 0.251 e. The number of rotatable bonds is 6. The molecular weight excluding hydrogens is 384 g/mol. The number of carbonyl (C=O) groups excluding carboxylic acids is 1. The Bertz CT molecular complexity index is 946. The lowest BCUT2D eigenvalue weighted by atomic mass is 10.0. The molecule has 1 amide bonds.